The zero-order valence-electron chi connectivity index (χ0n) is 14.7. The van der Waals surface area contributed by atoms with Crippen molar-refractivity contribution < 1.29 is 13.2 Å². The van der Waals surface area contributed by atoms with E-state index < -0.39 is 10.0 Å². The topological polar surface area (TPSA) is 69.7 Å². The molecule has 2 rings (SSSR count). The van der Waals surface area contributed by atoms with E-state index in [1.165, 1.54) is 10.4 Å². The van der Waals surface area contributed by atoms with Gasteiger partial charge in [0.2, 0.25) is 10.0 Å². The first kappa shape index (κ1) is 18.9. The molecular weight excluding hydrogens is 326 g/mol. The summed E-state index contributed by atoms with van der Waals surface area (Å²) in [4.78, 5) is 14.6. The molecule has 0 spiro atoms. The summed E-state index contributed by atoms with van der Waals surface area (Å²) >= 11 is 0. The van der Waals surface area contributed by atoms with Gasteiger partial charge in [-0.15, -0.1) is 0 Å². The number of amides is 1. The van der Waals surface area contributed by atoms with Gasteiger partial charge in [-0.2, -0.15) is 4.31 Å². The van der Waals surface area contributed by atoms with Crippen LogP contribution in [0, 0.1) is 0 Å². The quantitative estimate of drug-likeness (QED) is 0.842. The van der Waals surface area contributed by atoms with Gasteiger partial charge in [-0.05, 0) is 38.1 Å². The van der Waals surface area contributed by atoms with Crippen LogP contribution in [0.15, 0.2) is 29.2 Å². The molecule has 7 heteroatoms. The van der Waals surface area contributed by atoms with Crippen LogP contribution in [0.2, 0.25) is 0 Å². The average molecular weight is 353 g/mol. The molecule has 0 aliphatic carbocycles. The Morgan fingerprint density at radius 3 is 2.38 bits per heavy atom. The van der Waals surface area contributed by atoms with Crippen molar-refractivity contribution >= 4 is 15.9 Å². The molecule has 1 N–H and O–H groups in total. The number of nitrogens with zero attached hydrogens (tertiary/aromatic N) is 2. The number of nitrogens with one attached hydrogen (secondary N) is 1. The molecule has 1 aromatic rings. The van der Waals surface area contributed by atoms with E-state index in [4.69, 9.17) is 0 Å². The van der Waals surface area contributed by atoms with E-state index >= 15 is 0 Å². The van der Waals surface area contributed by atoms with Gasteiger partial charge in [0.05, 0.1) is 4.90 Å². The van der Waals surface area contributed by atoms with Crippen molar-refractivity contribution in [1.29, 1.82) is 0 Å². The van der Waals surface area contributed by atoms with E-state index in [0.29, 0.717) is 31.7 Å². The lowest BCUT2D eigenvalue weighted by Gasteiger charge is -2.31. The number of carbonyl (C=O) groups is 1. The van der Waals surface area contributed by atoms with Crippen LogP contribution in [0.4, 0.5) is 0 Å². The summed E-state index contributed by atoms with van der Waals surface area (Å²) in [5.41, 5.74) is 0.386. The number of hydrogen-bond donors (Lipinski definition) is 1. The molecule has 0 saturated carbocycles. The van der Waals surface area contributed by atoms with Gasteiger partial charge in [-0.25, -0.2) is 8.42 Å². The highest BCUT2D eigenvalue weighted by Gasteiger charge is 2.28. The lowest BCUT2D eigenvalue weighted by Crippen LogP contribution is -2.47. The predicted molar refractivity (Wildman–Crippen MR) is 94.5 cm³/mol. The summed E-state index contributed by atoms with van der Waals surface area (Å²) in [5.74, 6) is -0.223. The van der Waals surface area contributed by atoms with Crippen molar-refractivity contribution in [3.8, 4) is 0 Å². The van der Waals surface area contributed by atoms with Gasteiger partial charge >= 0.3 is 0 Å². The van der Waals surface area contributed by atoms with Crippen molar-refractivity contribution in [2.45, 2.75) is 37.6 Å². The molecule has 1 aliphatic heterocycles. The second kappa shape index (κ2) is 8.09. The molecule has 1 aliphatic rings. The Hall–Kier alpha value is -1.44. The maximum Gasteiger partial charge on any atom is 0.251 e. The minimum absolute atomic E-state index is 0.107. The summed E-state index contributed by atoms with van der Waals surface area (Å²) in [5, 5.41) is 2.94. The van der Waals surface area contributed by atoms with Crippen LogP contribution in [-0.2, 0) is 10.0 Å². The molecule has 0 bridgehead atoms. The largest absolute Gasteiger partial charge is 0.349 e. The van der Waals surface area contributed by atoms with Crippen molar-refractivity contribution in [3.05, 3.63) is 29.8 Å². The first-order valence-corrected chi connectivity index (χ1v) is 9.92. The fourth-order valence-corrected chi connectivity index (χ4v) is 4.21. The van der Waals surface area contributed by atoms with Crippen LogP contribution in [0.5, 0.6) is 0 Å². The van der Waals surface area contributed by atoms with E-state index in [9.17, 15) is 13.2 Å². The normalized spacial score (nSPS) is 17.2. The molecule has 1 fully saturated rings. The van der Waals surface area contributed by atoms with Crippen LogP contribution in [0.25, 0.3) is 0 Å². The van der Waals surface area contributed by atoms with Gasteiger partial charge in [0.15, 0.2) is 0 Å². The van der Waals surface area contributed by atoms with Gasteiger partial charge < -0.3 is 10.2 Å². The van der Waals surface area contributed by atoms with E-state index in [-0.39, 0.29) is 16.8 Å². The highest BCUT2D eigenvalue weighted by atomic mass is 32.2. The molecule has 1 amide bonds. The third-order valence-corrected chi connectivity index (χ3v) is 6.41. The average Bonchev–Trinajstić information content (AvgIpc) is 2.60. The molecule has 1 saturated heterocycles. The van der Waals surface area contributed by atoms with E-state index in [1.54, 1.807) is 18.2 Å². The SMILES string of the molecule is CCC(CC)NC(=O)c1cccc(S(=O)(=O)N2CCN(C)CC2)c1. The van der Waals surface area contributed by atoms with E-state index in [1.807, 2.05) is 20.9 Å². The fraction of sp³-hybridized carbons (Fsp3) is 0.588. The number of rotatable bonds is 6. The Kier molecular flexibility index (Phi) is 6.37. The highest BCUT2D eigenvalue weighted by molar-refractivity contribution is 7.89. The first-order valence-electron chi connectivity index (χ1n) is 8.48. The van der Waals surface area contributed by atoms with Gasteiger partial charge in [-0.1, -0.05) is 19.9 Å². The Morgan fingerprint density at radius 1 is 1.17 bits per heavy atom. The Bertz CT molecular complexity index is 663. The van der Waals surface area contributed by atoms with Crippen LogP contribution in [0.3, 0.4) is 0 Å². The van der Waals surface area contributed by atoms with Crippen LogP contribution in [-0.4, -0.2) is 62.8 Å². The molecule has 0 unspecified atom stereocenters. The molecule has 1 heterocycles. The number of benzene rings is 1. The monoisotopic (exact) mass is 353 g/mol. The van der Waals surface area contributed by atoms with E-state index in [0.717, 1.165) is 12.8 Å². The summed E-state index contributed by atoms with van der Waals surface area (Å²) in [6.45, 7) is 6.42. The second-order valence-electron chi connectivity index (χ2n) is 6.22. The summed E-state index contributed by atoms with van der Waals surface area (Å²) in [6, 6.07) is 6.42. The second-order valence-corrected chi connectivity index (χ2v) is 8.16. The van der Waals surface area contributed by atoms with Crippen molar-refractivity contribution in [3.63, 3.8) is 0 Å². The number of piperazine rings is 1. The molecule has 6 nitrogen and oxygen atoms in total. The first-order chi connectivity index (χ1) is 11.4. The van der Waals surface area contributed by atoms with E-state index in [2.05, 4.69) is 10.2 Å². The molecule has 134 valence electrons. The van der Waals surface area contributed by atoms with Crippen molar-refractivity contribution in [1.82, 2.24) is 14.5 Å². The summed E-state index contributed by atoms with van der Waals surface area (Å²) < 4.78 is 27.0. The minimum atomic E-state index is -3.55. The molecule has 0 radical (unpaired) electrons. The molecule has 24 heavy (non-hydrogen) atoms. The van der Waals surface area contributed by atoms with Gasteiger partial charge in [0, 0.05) is 37.8 Å². The minimum Gasteiger partial charge on any atom is -0.349 e. The third kappa shape index (κ3) is 4.34. The fourth-order valence-electron chi connectivity index (χ4n) is 2.74. The van der Waals surface area contributed by atoms with Gasteiger partial charge in [0.1, 0.15) is 0 Å². The van der Waals surface area contributed by atoms with Gasteiger partial charge in [-0.3, -0.25) is 4.79 Å². The molecule has 0 atom stereocenters. The lowest BCUT2D eigenvalue weighted by molar-refractivity contribution is 0.0934. The van der Waals surface area contributed by atoms with Crippen LogP contribution >= 0.6 is 0 Å². The number of likely N-dealkylation sites (N-methyl/N-ethyl adjacent to an activating group) is 1. The zero-order chi connectivity index (χ0) is 17.7. The standard InChI is InChI=1S/C17H27N3O3S/c1-4-15(5-2)18-17(21)14-7-6-8-16(13-14)24(22,23)20-11-9-19(3)10-12-20/h6-8,13,15H,4-5,9-12H2,1-3H3,(H,18,21). The highest BCUT2D eigenvalue weighted by Crippen LogP contribution is 2.19. The Balaban J connectivity index is 2.18. The zero-order valence-corrected chi connectivity index (χ0v) is 15.5. The van der Waals surface area contributed by atoms with Crippen molar-refractivity contribution in [2.75, 3.05) is 33.2 Å². The predicted octanol–water partition coefficient (Wildman–Crippen LogP) is 1.54. The maximum atomic E-state index is 12.8. The summed E-state index contributed by atoms with van der Waals surface area (Å²) in [7, 11) is -1.58. The Morgan fingerprint density at radius 2 is 1.79 bits per heavy atom. The van der Waals surface area contributed by atoms with Crippen molar-refractivity contribution in [2.24, 2.45) is 0 Å². The van der Waals surface area contributed by atoms with Crippen LogP contribution < -0.4 is 5.32 Å². The molecular formula is C17H27N3O3S. The third-order valence-electron chi connectivity index (χ3n) is 4.52. The van der Waals surface area contributed by atoms with Gasteiger partial charge in [0.25, 0.3) is 5.91 Å². The Labute approximate surface area is 144 Å². The number of hydrogen-bond acceptors (Lipinski definition) is 4. The molecule has 0 aromatic heterocycles. The smallest absolute Gasteiger partial charge is 0.251 e. The summed E-state index contributed by atoms with van der Waals surface area (Å²) in [6.07, 6.45) is 1.70. The van der Waals surface area contributed by atoms with Crippen LogP contribution in [0.1, 0.15) is 37.0 Å². The lowest BCUT2D eigenvalue weighted by atomic mass is 10.1. The number of sulfonamides is 1. The molecule has 1 aromatic carbocycles. The maximum absolute atomic E-state index is 12.8. The number of carbonyl (C=O) groups excluding carboxylic acids is 1.